The zero-order valence-corrected chi connectivity index (χ0v) is 13.8. The minimum atomic E-state index is 0.449. The zero-order valence-electron chi connectivity index (χ0n) is 13.0. The lowest BCUT2D eigenvalue weighted by Crippen LogP contribution is -2.05. The molecule has 0 aliphatic heterocycles. The van der Waals surface area contributed by atoms with Crippen LogP contribution in [0.25, 0.3) is 5.69 Å². The molecule has 24 heavy (non-hydrogen) atoms. The van der Waals surface area contributed by atoms with E-state index in [1.807, 2.05) is 53.2 Å². The summed E-state index contributed by atoms with van der Waals surface area (Å²) in [6.07, 6.45) is 7.10. The maximum Gasteiger partial charge on any atom is 0.180 e. The van der Waals surface area contributed by atoms with Gasteiger partial charge < -0.3 is 10.3 Å². The molecule has 1 aromatic heterocycles. The third kappa shape index (κ3) is 4.57. The molecular formula is C18H17N5S. The van der Waals surface area contributed by atoms with Crippen LogP contribution in [0.1, 0.15) is 11.1 Å². The Morgan fingerprint density at radius 2 is 1.92 bits per heavy atom. The van der Waals surface area contributed by atoms with E-state index in [9.17, 15) is 0 Å². The second kappa shape index (κ2) is 8.12. The van der Waals surface area contributed by atoms with Gasteiger partial charge in [0.2, 0.25) is 0 Å². The third-order valence-corrected chi connectivity index (χ3v) is 4.14. The first-order valence-electron chi connectivity index (χ1n) is 7.43. The molecule has 1 heterocycles. The fourth-order valence-corrected chi connectivity index (χ4v) is 2.67. The van der Waals surface area contributed by atoms with Crippen LogP contribution in [0.15, 0.2) is 83.5 Å². The van der Waals surface area contributed by atoms with E-state index in [4.69, 9.17) is 5.73 Å². The van der Waals surface area contributed by atoms with E-state index < -0.39 is 0 Å². The summed E-state index contributed by atoms with van der Waals surface area (Å²) >= 11 is 1.47. The van der Waals surface area contributed by atoms with Crippen molar-refractivity contribution in [3.63, 3.8) is 0 Å². The Labute approximate surface area is 145 Å². The normalized spacial score (nSPS) is 11.9. The van der Waals surface area contributed by atoms with Crippen LogP contribution in [-0.4, -0.2) is 20.9 Å². The standard InChI is InChI=1S/C18H17N5S/c19-18(24-13-16-4-2-1-3-5-16)22-21-12-15-6-8-17(9-7-15)23-11-10-20-14-23/h1-12,14H,13H2,(H2,19,22). The van der Waals surface area contributed by atoms with Crippen LogP contribution in [0.4, 0.5) is 0 Å². The van der Waals surface area contributed by atoms with Crippen molar-refractivity contribution >= 4 is 23.1 Å². The Kier molecular flexibility index (Phi) is 5.42. The summed E-state index contributed by atoms with van der Waals surface area (Å²) in [5.41, 5.74) is 9.08. The number of hydrogen-bond donors (Lipinski definition) is 1. The highest BCUT2D eigenvalue weighted by Gasteiger charge is 1.97. The van der Waals surface area contributed by atoms with Gasteiger partial charge in [-0.15, -0.1) is 5.10 Å². The summed E-state index contributed by atoms with van der Waals surface area (Å²) in [5, 5.41) is 8.51. The molecule has 0 aliphatic rings. The number of rotatable bonds is 5. The van der Waals surface area contributed by atoms with Gasteiger partial charge in [0.1, 0.15) is 0 Å². The first-order valence-corrected chi connectivity index (χ1v) is 8.41. The van der Waals surface area contributed by atoms with Gasteiger partial charge in [-0.05, 0) is 23.3 Å². The number of aromatic nitrogens is 2. The summed E-state index contributed by atoms with van der Waals surface area (Å²) < 4.78 is 1.94. The van der Waals surface area contributed by atoms with Crippen LogP contribution >= 0.6 is 11.8 Å². The van der Waals surface area contributed by atoms with Crippen molar-refractivity contribution in [2.75, 3.05) is 0 Å². The summed E-state index contributed by atoms with van der Waals surface area (Å²) in [4.78, 5) is 4.03. The number of nitrogens with zero attached hydrogens (tertiary/aromatic N) is 4. The van der Waals surface area contributed by atoms with Crippen molar-refractivity contribution < 1.29 is 0 Å². The minimum Gasteiger partial charge on any atom is -0.377 e. The molecule has 0 atom stereocenters. The Balaban J connectivity index is 1.55. The van der Waals surface area contributed by atoms with Gasteiger partial charge in [-0.2, -0.15) is 5.10 Å². The number of hydrogen-bond acceptors (Lipinski definition) is 4. The fraction of sp³-hybridized carbons (Fsp3) is 0.0556. The lowest BCUT2D eigenvalue weighted by Gasteiger charge is -2.01. The quantitative estimate of drug-likeness (QED) is 0.441. The highest BCUT2D eigenvalue weighted by Crippen LogP contribution is 2.12. The predicted octanol–water partition coefficient (Wildman–Crippen LogP) is 3.45. The molecule has 3 rings (SSSR count). The molecule has 0 spiro atoms. The SMILES string of the molecule is NC(=NN=Cc1ccc(-n2ccnc2)cc1)SCc1ccccc1. The molecule has 0 fully saturated rings. The lowest BCUT2D eigenvalue weighted by molar-refractivity contribution is 1.06. The molecule has 5 nitrogen and oxygen atoms in total. The van der Waals surface area contributed by atoms with E-state index in [0.29, 0.717) is 5.17 Å². The van der Waals surface area contributed by atoms with Crippen molar-refractivity contribution in [3.8, 4) is 5.69 Å². The van der Waals surface area contributed by atoms with Crippen molar-refractivity contribution in [3.05, 3.63) is 84.4 Å². The van der Waals surface area contributed by atoms with Gasteiger partial charge in [-0.1, -0.05) is 54.2 Å². The summed E-state index contributed by atoms with van der Waals surface area (Å²) in [6, 6.07) is 18.1. The fourth-order valence-electron chi connectivity index (χ4n) is 2.06. The molecule has 2 N–H and O–H groups in total. The van der Waals surface area contributed by atoms with Gasteiger partial charge in [0.05, 0.1) is 12.5 Å². The molecule has 2 aromatic carbocycles. The van der Waals surface area contributed by atoms with E-state index >= 15 is 0 Å². The highest BCUT2D eigenvalue weighted by atomic mass is 32.2. The van der Waals surface area contributed by atoms with E-state index in [1.165, 1.54) is 17.3 Å². The smallest absolute Gasteiger partial charge is 0.180 e. The maximum atomic E-state index is 5.86. The number of nitrogens with two attached hydrogens (primary N) is 1. The lowest BCUT2D eigenvalue weighted by atomic mass is 10.2. The van der Waals surface area contributed by atoms with Crippen molar-refractivity contribution in [2.45, 2.75) is 5.75 Å². The Bertz CT molecular complexity index is 808. The molecular weight excluding hydrogens is 318 g/mol. The van der Waals surface area contributed by atoms with E-state index in [0.717, 1.165) is 17.0 Å². The van der Waals surface area contributed by atoms with Gasteiger partial charge in [-0.3, -0.25) is 0 Å². The largest absolute Gasteiger partial charge is 0.377 e. The first kappa shape index (κ1) is 16.0. The van der Waals surface area contributed by atoms with Crippen molar-refractivity contribution in [1.82, 2.24) is 9.55 Å². The van der Waals surface area contributed by atoms with Crippen molar-refractivity contribution in [2.24, 2.45) is 15.9 Å². The van der Waals surface area contributed by atoms with Crippen LogP contribution in [0.5, 0.6) is 0 Å². The second-order valence-corrected chi connectivity index (χ2v) is 6.01. The average molecular weight is 335 g/mol. The van der Waals surface area contributed by atoms with Crippen LogP contribution in [0.2, 0.25) is 0 Å². The van der Waals surface area contributed by atoms with Gasteiger partial charge in [-0.25, -0.2) is 4.98 Å². The van der Waals surface area contributed by atoms with E-state index in [2.05, 4.69) is 27.3 Å². The monoisotopic (exact) mass is 335 g/mol. The predicted molar refractivity (Wildman–Crippen MR) is 101 cm³/mol. The third-order valence-electron chi connectivity index (χ3n) is 3.29. The minimum absolute atomic E-state index is 0.449. The average Bonchev–Trinajstić information content (AvgIpc) is 3.16. The van der Waals surface area contributed by atoms with Crippen LogP contribution < -0.4 is 5.73 Å². The number of thioether (sulfide) groups is 1. The summed E-state index contributed by atoms with van der Waals surface area (Å²) in [7, 11) is 0. The summed E-state index contributed by atoms with van der Waals surface area (Å²) in [5.74, 6) is 0.783. The summed E-state index contributed by atoms with van der Waals surface area (Å²) in [6.45, 7) is 0. The molecule has 0 unspecified atom stereocenters. The Morgan fingerprint density at radius 3 is 2.62 bits per heavy atom. The van der Waals surface area contributed by atoms with Gasteiger partial charge in [0.25, 0.3) is 0 Å². The molecule has 0 saturated heterocycles. The molecule has 0 saturated carbocycles. The van der Waals surface area contributed by atoms with Crippen molar-refractivity contribution in [1.29, 1.82) is 0 Å². The molecule has 6 heteroatoms. The first-order chi connectivity index (χ1) is 11.8. The molecule has 0 radical (unpaired) electrons. The van der Waals surface area contributed by atoms with Crippen LogP contribution in [0.3, 0.4) is 0 Å². The maximum absolute atomic E-state index is 5.86. The number of benzene rings is 2. The van der Waals surface area contributed by atoms with Crippen LogP contribution in [0, 0.1) is 0 Å². The molecule has 3 aromatic rings. The van der Waals surface area contributed by atoms with Gasteiger partial charge in [0, 0.05) is 23.8 Å². The second-order valence-electron chi connectivity index (χ2n) is 5.02. The highest BCUT2D eigenvalue weighted by molar-refractivity contribution is 8.13. The topological polar surface area (TPSA) is 68.6 Å². The van der Waals surface area contributed by atoms with E-state index in [1.54, 1.807) is 18.7 Å². The molecule has 120 valence electrons. The molecule has 0 bridgehead atoms. The molecule has 0 amide bonds. The number of amidine groups is 1. The van der Waals surface area contributed by atoms with Crippen LogP contribution in [-0.2, 0) is 5.75 Å². The Hall–Kier alpha value is -2.86. The number of imidazole rings is 1. The zero-order chi connectivity index (χ0) is 16.6. The van der Waals surface area contributed by atoms with E-state index in [-0.39, 0.29) is 0 Å². The Morgan fingerprint density at radius 1 is 1.12 bits per heavy atom. The van der Waals surface area contributed by atoms with Gasteiger partial charge >= 0.3 is 0 Å². The molecule has 0 aliphatic carbocycles. The van der Waals surface area contributed by atoms with Gasteiger partial charge in [0.15, 0.2) is 5.17 Å².